The fraction of sp³-hybridized carbons (Fsp3) is 0.444. The number of fused-ring (bicyclic) bond motifs is 1. The van der Waals surface area contributed by atoms with Gasteiger partial charge in [0.1, 0.15) is 22.1 Å². The Morgan fingerprint density at radius 1 is 1.41 bits per heavy atom. The molecule has 0 radical (unpaired) electrons. The number of hydrogen-bond donors (Lipinski definition) is 1. The van der Waals surface area contributed by atoms with E-state index in [1.54, 1.807) is 13.3 Å². The summed E-state index contributed by atoms with van der Waals surface area (Å²) in [5.41, 5.74) is 1.54. The molecule has 0 amide bonds. The molecule has 27 heavy (non-hydrogen) atoms. The Balaban J connectivity index is 1.54. The summed E-state index contributed by atoms with van der Waals surface area (Å²) in [5, 5.41) is 8.94. The summed E-state index contributed by atoms with van der Waals surface area (Å²) in [6, 6.07) is 5.68. The highest BCUT2D eigenvalue weighted by atomic mass is 32.2. The van der Waals surface area contributed by atoms with Gasteiger partial charge in [0.25, 0.3) is 0 Å². The second kappa shape index (κ2) is 7.69. The fourth-order valence-electron chi connectivity index (χ4n) is 3.32. The molecule has 9 heteroatoms. The van der Waals surface area contributed by atoms with Crippen molar-refractivity contribution in [3.63, 3.8) is 0 Å². The SMILES string of the molecule is COc1cc(Cn2cccn2)cc2onc(NS(=O)CC3CCC(C)O3)c12. The van der Waals surface area contributed by atoms with Crippen molar-refractivity contribution in [2.75, 3.05) is 17.6 Å². The number of hydrogen-bond acceptors (Lipinski definition) is 6. The smallest absolute Gasteiger partial charge is 0.192 e. The van der Waals surface area contributed by atoms with Crippen molar-refractivity contribution in [2.24, 2.45) is 0 Å². The summed E-state index contributed by atoms with van der Waals surface area (Å²) in [6.07, 6.45) is 5.79. The third-order valence-electron chi connectivity index (χ3n) is 4.59. The summed E-state index contributed by atoms with van der Waals surface area (Å²) < 4.78 is 33.9. The summed E-state index contributed by atoms with van der Waals surface area (Å²) >= 11 is 0. The summed E-state index contributed by atoms with van der Waals surface area (Å²) in [4.78, 5) is 0. The zero-order valence-electron chi connectivity index (χ0n) is 15.3. The van der Waals surface area contributed by atoms with Crippen LogP contribution in [0.5, 0.6) is 5.75 Å². The molecule has 1 fully saturated rings. The second-order valence-corrected chi connectivity index (χ2v) is 7.89. The standard InChI is InChI=1S/C18H22N4O4S/c1-12-4-5-14(25-12)11-27(23)21-18-17-15(24-2)8-13(9-16(17)26-20-18)10-22-7-3-6-19-22/h3,6-9,12,14H,4-5,10-11H2,1-2H3,(H,20,21). The number of rotatable bonds is 7. The normalized spacial score (nSPS) is 20.8. The van der Waals surface area contributed by atoms with Gasteiger partial charge in [-0.15, -0.1) is 0 Å². The van der Waals surface area contributed by atoms with Crippen LogP contribution in [0.15, 0.2) is 35.1 Å². The van der Waals surface area contributed by atoms with Gasteiger partial charge in [-0.25, -0.2) is 4.21 Å². The number of benzene rings is 1. The lowest BCUT2D eigenvalue weighted by Crippen LogP contribution is -2.21. The fourth-order valence-corrected chi connectivity index (χ4v) is 4.34. The average molecular weight is 390 g/mol. The van der Waals surface area contributed by atoms with Crippen LogP contribution < -0.4 is 9.46 Å². The Kier molecular flexibility index (Phi) is 5.13. The van der Waals surface area contributed by atoms with Crippen LogP contribution in [-0.2, 0) is 22.3 Å². The molecule has 8 nitrogen and oxygen atoms in total. The quantitative estimate of drug-likeness (QED) is 0.667. The third kappa shape index (κ3) is 3.98. The largest absolute Gasteiger partial charge is 0.496 e. The van der Waals surface area contributed by atoms with Gasteiger partial charge in [-0.2, -0.15) is 5.10 Å². The Morgan fingerprint density at radius 2 is 2.30 bits per heavy atom. The van der Waals surface area contributed by atoms with Crippen LogP contribution in [0, 0.1) is 0 Å². The zero-order valence-corrected chi connectivity index (χ0v) is 16.1. The van der Waals surface area contributed by atoms with Crippen LogP contribution in [-0.4, -0.2) is 44.2 Å². The van der Waals surface area contributed by atoms with E-state index in [0.717, 1.165) is 18.4 Å². The van der Waals surface area contributed by atoms with Gasteiger partial charge in [-0.1, -0.05) is 5.16 Å². The average Bonchev–Trinajstić information content (AvgIpc) is 3.37. The van der Waals surface area contributed by atoms with Crippen LogP contribution in [0.25, 0.3) is 11.0 Å². The minimum absolute atomic E-state index is 0.00840. The molecular formula is C18H22N4O4S. The second-order valence-electron chi connectivity index (χ2n) is 6.67. The first-order chi connectivity index (χ1) is 13.1. The van der Waals surface area contributed by atoms with Gasteiger partial charge in [0.15, 0.2) is 11.4 Å². The van der Waals surface area contributed by atoms with Gasteiger partial charge in [0, 0.05) is 12.4 Å². The molecule has 4 rings (SSSR count). The molecule has 1 aliphatic rings. The summed E-state index contributed by atoms with van der Waals surface area (Å²) in [6.45, 7) is 2.62. The monoisotopic (exact) mass is 390 g/mol. The molecule has 3 heterocycles. The van der Waals surface area contributed by atoms with Crippen molar-refractivity contribution in [1.29, 1.82) is 0 Å². The first-order valence-electron chi connectivity index (χ1n) is 8.86. The zero-order chi connectivity index (χ0) is 18.8. The molecule has 2 aromatic heterocycles. The van der Waals surface area contributed by atoms with E-state index in [4.69, 9.17) is 14.0 Å². The topological polar surface area (TPSA) is 91.4 Å². The van der Waals surface area contributed by atoms with Crippen LogP contribution in [0.1, 0.15) is 25.3 Å². The van der Waals surface area contributed by atoms with Crippen molar-refractivity contribution >= 4 is 27.8 Å². The number of methoxy groups -OCH3 is 1. The number of anilines is 1. The van der Waals surface area contributed by atoms with Crippen molar-refractivity contribution in [2.45, 2.75) is 38.5 Å². The first kappa shape index (κ1) is 18.0. The van der Waals surface area contributed by atoms with E-state index >= 15 is 0 Å². The lowest BCUT2D eigenvalue weighted by molar-refractivity contribution is 0.0695. The number of ether oxygens (including phenoxy) is 2. The number of nitrogens with zero attached hydrogens (tertiary/aromatic N) is 3. The van der Waals surface area contributed by atoms with E-state index in [1.807, 2.05) is 36.0 Å². The lowest BCUT2D eigenvalue weighted by Gasteiger charge is -2.11. The number of nitrogens with one attached hydrogen (secondary N) is 1. The Morgan fingerprint density at radius 3 is 3.00 bits per heavy atom. The number of aromatic nitrogens is 3. The van der Waals surface area contributed by atoms with E-state index in [0.29, 0.717) is 34.8 Å². The minimum Gasteiger partial charge on any atom is -0.496 e. The predicted octanol–water partition coefficient (Wildman–Crippen LogP) is 2.72. The molecule has 144 valence electrons. The molecule has 1 N–H and O–H groups in total. The highest BCUT2D eigenvalue weighted by Crippen LogP contribution is 2.34. The van der Waals surface area contributed by atoms with Gasteiger partial charge >= 0.3 is 0 Å². The Bertz CT molecular complexity index is 940. The Labute approximate surface area is 159 Å². The molecule has 1 aromatic carbocycles. The van der Waals surface area contributed by atoms with Crippen molar-refractivity contribution in [3.8, 4) is 5.75 Å². The van der Waals surface area contributed by atoms with Gasteiger partial charge in [-0.3, -0.25) is 9.40 Å². The van der Waals surface area contributed by atoms with Crippen LogP contribution in [0.2, 0.25) is 0 Å². The molecule has 0 bridgehead atoms. The molecule has 3 unspecified atom stereocenters. The van der Waals surface area contributed by atoms with Crippen LogP contribution >= 0.6 is 0 Å². The molecule has 1 aliphatic heterocycles. The van der Waals surface area contributed by atoms with E-state index in [1.165, 1.54) is 0 Å². The molecule has 3 atom stereocenters. The van der Waals surface area contributed by atoms with E-state index < -0.39 is 11.0 Å². The third-order valence-corrected chi connectivity index (χ3v) is 5.68. The summed E-state index contributed by atoms with van der Waals surface area (Å²) in [7, 11) is 0.272. The van der Waals surface area contributed by atoms with Crippen molar-refractivity contribution in [3.05, 3.63) is 36.2 Å². The first-order valence-corrected chi connectivity index (χ1v) is 10.2. The molecule has 0 spiro atoms. The molecule has 3 aromatic rings. The molecule has 0 saturated carbocycles. The van der Waals surface area contributed by atoms with Gasteiger partial charge in [0.05, 0.1) is 31.6 Å². The molecule has 0 aliphatic carbocycles. The van der Waals surface area contributed by atoms with E-state index in [9.17, 15) is 4.21 Å². The highest BCUT2D eigenvalue weighted by Gasteiger charge is 2.25. The van der Waals surface area contributed by atoms with Gasteiger partial charge < -0.3 is 14.0 Å². The maximum atomic E-state index is 12.5. The summed E-state index contributed by atoms with van der Waals surface area (Å²) in [5.74, 6) is 1.44. The van der Waals surface area contributed by atoms with Gasteiger partial charge in [-0.05, 0) is 43.5 Å². The van der Waals surface area contributed by atoms with Crippen molar-refractivity contribution < 1.29 is 18.2 Å². The highest BCUT2D eigenvalue weighted by molar-refractivity contribution is 7.86. The predicted molar refractivity (Wildman–Crippen MR) is 102 cm³/mol. The molecule has 1 saturated heterocycles. The van der Waals surface area contributed by atoms with Crippen LogP contribution in [0.3, 0.4) is 0 Å². The lowest BCUT2D eigenvalue weighted by atomic mass is 10.1. The van der Waals surface area contributed by atoms with Gasteiger partial charge in [0.2, 0.25) is 0 Å². The Hall–Kier alpha value is -2.39. The maximum Gasteiger partial charge on any atom is 0.192 e. The molecular weight excluding hydrogens is 368 g/mol. The van der Waals surface area contributed by atoms with E-state index in [2.05, 4.69) is 15.0 Å². The van der Waals surface area contributed by atoms with E-state index in [-0.39, 0.29) is 12.2 Å². The van der Waals surface area contributed by atoms with Crippen LogP contribution in [0.4, 0.5) is 5.82 Å². The van der Waals surface area contributed by atoms with Crippen molar-refractivity contribution in [1.82, 2.24) is 14.9 Å². The maximum absolute atomic E-state index is 12.5. The minimum atomic E-state index is -1.32.